The molecule has 1 heterocycles. The summed E-state index contributed by atoms with van der Waals surface area (Å²) in [5, 5.41) is 14.8. The molecule has 8 heteroatoms. The third-order valence-corrected chi connectivity index (χ3v) is 7.38. The lowest BCUT2D eigenvalue weighted by atomic mass is 9.79. The van der Waals surface area contributed by atoms with Crippen LogP contribution in [0, 0.1) is 23.7 Å². The Balaban J connectivity index is 1.63. The molecule has 0 saturated heterocycles. The van der Waals surface area contributed by atoms with E-state index in [4.69, 9.17) is 9.47 Å². The van der Waals surface area contributed by atoms with Gasteiger partial charge in [-0.25, -0.2) is 4.79 Å². The van der Waals surface area contributed by atoms with Gasteiger partial charge in [-0.3, -0.25) is 9.59 Å². The standard InChI is InChI=1S/C24H27NO6S/c1-3-30-16-9-7-13(8-10-16)17-12-32-22(20(17)24(29)31-4-2)25-21(26)18-14-5-6-15(11-14)19(18)23(27)28/h7-10,12,14-15,18-19H,3-6,11H2,1-2H3,(H,25,26)(H,27,28)/t14-,15-,18-,19-/m0/s1. The number of carboxylic acids is 1. The highest BCUT2D eigenvalue weighted by molar-refractivity contribution is 7.15. The van der Waals surface area contributed by atoms with Gasteiger partial charge in [0.2, 0.25) is 5.91 Å². The molecule has 0 radical (unpaired) electrons. The number of ether oxygens (including phenoxy) is 2. The molecule has 2 aliphatic rings. The Hall–Kier alpha value is -2.87. The van der Waals surface area contributed by atoms with Crippen molar-refractivity contribution in [1.29, 1.82) is 0 Å². The first kappa shape index (κ1) is 22.3. The summed E-state index contributed by atoms with van der Waals surface area (Å²) in [6, 6.07) is 7.38. The van der Waals surface area contributed by atoms with Crippen molar-refractivity contribution < 1.29 is 29.0 Å². The predicted molar refractivity (Wildman–Crippen MR) is 121 cm³/mol. The zero-order valence-electron chi connectivity index (χ0n) is 18.1. The Morgan fingerprint density at radius 3 is 2.38 bits per heavy atom. The van der Waals surface area contributed by atoms with Crippen LogP contribution in [-0.2, 0) is 14.3 Å². The summed E-state index contributed by atoms with van der Waals surface area (Å²) >= 11 is 1.24. The van der Waals surface area contributed by atoms with Gasteiger partial charge in [0.15, 0.2) is 0 Å². The van der Waals surface area contributed by atoms with E-state index in [9.17, 15) is 19.5 Å². The second-order valence-corrected chi connectivity index (χ2v) is 9.12. The van der Waals surface area contributed by atoms with Gasteiger partial charge in [0, 0.05) is 10.9 Å². The van der Waals surface area contributed by atoms with Crippen LogP contribution >= 0.6 is 11.3 Å². The maximum atomic E-state index is 13.2. The molecule has 2 saturated carbocycles. The van der Waals surface area contributed by atoms with Gasteiger partial charge in [-0.2, -0.15) is 0 Å². The maximum absolute atomic E-state index is 13.2. The van der Waals surface area contributed by atoms with E-state index in [1.54, 1.807) is 6.92 Å². The minimum Gasteiger partial charge on any atom is -0.494 e. The number of hydrogen-bond acceptors (Lipinski definition) is 6. The lowest BCUT2D eigenvalue weighted by molar-refractivity contribution is -0.148. The quantitative estimate of drug-likeness (QED) is 0.558. The summed E-state index contributed by atoms with van der Waals surface area (Å²) in [6.45, 7) is 4.40. The molecule has 4 atom stereocenters. The van der Waals surface area contributed by atoms with Gasteiger partial charge >= 0.3 is 11.9 Å². The summed E-state index contributed by atoms with van der Waals surface area (Å²) < 4.78 is 10.8. The van der Waals surface area contributed by atoms with Gasteiger partial charge in [0.25, 0.3) is 0 Å². The van der Waals surface area contributed by atoms with Crippen molar-refractivity contribution in [2.75, 3.05) is 18.5 Å². The molecular formula is C24H27NO6S. The molecular weight excluding hydrogens is 430 g/mol. The van der Waals surface area contributed by atoms with Gasteiger partial charge in [-0.15, -0.1) is 11.3 Å². The lowest BCUT2D eigenvalue weighted by Crippen LogP contribution is -2.37. The van der Waals surface area contributed by atoms with Gasteiger partial charge in [-0.1, -0.05) is 12.1 Å². The molecule has 32 heavy (non-hydrogen) atoms. The fourth-order valence-electron chi connectivity index (χ4n) is 5.18. The number of nitrogens with one attached hydrogen (secondary N) is 1. The smallest absolute Gasteiger partial charge is 0.341 e. The van der Waals surface area contributed by atoms with Crippen LogP contribution in [0.5, 0.6) is 5.75 Å². The van der Waals surface area contributed by atoms with Crippen LogP contribution in [0.25, 0.3) is 11.1 Å². The van der Waals surface area contributed by atoms with E-state index in [-0.39, 0.29) is 24.3 Å². The van der Waals surface area contributed by atoms with Crippen LogP contribution in [0.2, 0.25) is 0 Å². The Bertz CT molecular complexity index is 1010. The van der Waals surface area contributed by atoms with Crippen molar-refractivity contribution >= 4 is 34.2 Å². The average Bonchev–Trinajstić information content (AvgIpc) is 3.49. The number of benzene rings is 1. The molecule has 2 N–H and O–H groups in total. The molecule has 0 unspecified atom stereocenters. The van der Waals surface area contributed by atoms with Crippen molar-refractivity contribution in [3.8, 4) is 16.9 Å². The van der Waals surface area contributed by atoms with E-state index < -0.39 is 23.8 Å². The molecule has 1 amide bonds. The third kappa shape index (κ3) is 4.11. The third-order valence-electron chi connectivity index (χ3n) is 6.49. The number of carbonyl (C=O) groups is 3. The highest BCUT2D eigenvalue weighted by Gasteiger charge is 2.54. The first-order chi connectivity index (χ1) is 15.4. The number of carboxylic acid groups (broad SMARTS) is 1. The second-order valence-electron chi connectivity index (χ2n) is 8.24. The van der Waals surface area contributed by atoms with Crippen LogP contribution < -0.4 is 10.1 Å². The molecule has 0 spiro atoms. The Kier molecular flexibility index (Phi) is 6.50. The zero-order chi connectivity index (χ0) is 22.8. The summed E-state index contributed by atoms with van der Waals surface area (Å²) in [4.78, 5) is 37.8. The number of esters is 1. The number of thiophene rings is 1. The Morgan fingerprint density at radius 1 is 1.06 bits per heavy atom. The zero-order valence-corrected chi connectivity index (χ0v) is 18.9. The molecule has 1 aromatic heterocycles. The van der Waals surface area contributed by atoms with Gasteiger partial charge in [-0.05, 0) is 62.6 Å². The van der Waals surface area contributed by atoms with E-state index in [2.05, 4.69) is 5.32 Å². The van der Waals surface area contributed by atoms with Crippen LogP contribution in [0.15, 0.2) is 29.6 Å². The van der Waals surface area contributed by atoms with Crippen LogP contribution in [0.4, 0.5) is 5.00 Å². The number of hydrogen-bond donors (Lipinski definition) is 2. The van der Waals surface area contributed by atoms with Crippen LogP contribution in [0.1, 0.15) is 43.5 Å². The van der Waals surface area contributed by atoms with Crippen molar-refractivity contribution in [3.63, 3.8) is 0 Å². The van der Waals surface area contributed by atoms with E-state index in [1.165, 1.54) is 11.3 Å². The predicted octanol–water partition coefficient (Wildman–Crippen LogP) is 4.68. The first-order valence-corrected chi connectivity index (χ1v) is 11.9. The number of aliphatic carboxylic acids is 1. The van der Waals surface area contributed by atoms with Crippen molar-refractivity contribution in [2.24, 2.45) is 23.7 Å². The Labute approximate surface area is 190 Å². The molecule has 2 aromatic rings. The minimum absolute atomic E-state index is 0.0560. The Morgan fingerprint density at radius 2 is 1.75 bits per heavy atom. The summed E-state index contributed by atoms with van der Waals surface area (Å²) in [5.41, 5.74) is 1.76. The molecule has 0 aliphatic heterocycles. The SMILES string of the molecule is CCOC(=O)c1c(-c2ccc(OCC)cc2)csc1NC(=O)[C@H]1[C@H]2CC[C@@H](C2)[C@@H]1C(=O)O. The highest BCUT2D eigenvalue weighted by Crippen LogP contribution is 2.53. The van der Waals surface area contributed by atoms with Gasteiger partial charge in [0.1, 0.15) is 16.3 Å². The van der Waals surface area contributed by atoms with E-state index in [1.807, 2.05) is 36.6 Å². The molecule has 2 aliphatic carbocycles. The molecule has 2 bridgehead atoms. The normalized spacial score (nSPS) is 23.7. The first-order valence-electron chi connectivity index (χ1n) is 11.0. The number of fused-ring (bicyclic) bond motifs is 2. The summed E-state index contributed by atoms with van der Waals surface area (Å²) in [6.07, 6.45) is 2.52. The van der Waals surface area contributed by atoms with Crippen LogP contribution in [0.3, 0.4) is 0 Å². The van der Waals surface area contributed by atoms with Crippen molar-refractivity contribution in [2.45, 2.75) is 33.1 Å². The van der Waals surface area contributed by atoms with Crippen molar-refractivity contribution in [1.82, 2.24) is 0 Å². The second kappa shape index (κ2) is 9.32. The molecule has 7 nitrogen and oxygen atoms in total. The van der Waals surface area contributed by atoms with Crippen molar-refractivity contribution in [3.05, 3.63) is 35.2 Å². The topological polar surface area (TPSA) is 102 Å². The van der Waals surface area contributed by atoms with Gasteiger partial charge < -0.3 is 19.9 Å². The molecule has 1 aromatic carbocycles. The number of anilines is 1. The number of rotatable bonds is 8. The van der Waals surface area contributed by atoms with E-state index >= 15 is 0 Å². The minimum atomic E-state index is -0.913. The van der Waals surface area contributed by atoms with E-state index in [0.29, 0.717) is 22.7 Å². The number of carbonyl (C=O) groups excluding carboxylic acids is 2. The molecule has 4 rings (SSSR count). The molecule has 170 valence electrons. The maximum Gasteiger partial charge on any atom is 0.341 e. The molecule has 2 fully saturated rings. The van der Waals surface area contributed by atoms with Crippen LogP contribution in [-0.4, -0.2) is 36.2 Å². The highest BCUT2D eigenvalue weighted by atomic mass is 32.1. The van der Waals surface area contributed by atoms with E-state index in [0.717, 1.165) is 30.6 Å². The number of amides is 1. The summed E-state index contributed by atoms with van der Waals surface area (Å²) in [7, 11) is 0. The monoisotopic (exact) mass is 457 g/mol. The fourth-order valence-corrected chi connectivity index (χ4v) is 6.15. The largest absolute Gasteiger partial charge is 0.494 e. The lowest BCUT2D eigenvalue weighted by Gasteiger charge is -2.27. The summed E-state index contributed by atoms with van der Waals surface area (Å²) in [5.74, 6) is -2.12. The fraction of sp³-hybridized carbons (Fsp3) is 0.458. The van der Waals surface area contributed by atoms with Gasteiger partial charge in [0.05, 0.1) is 25.0 Å². The average molecular weight is 458 g/mol.